The van der Waals surface area contributed by atoms with Crippen LogP contribution < -0.4 is 21.7 Å². The smallest absolute Gasteiger partial charge is 0.379 e. The van der Waals surface area contributed by atoms with E-state index in [1.807, 2.05) is 0 Å². The fourth-order valence-electron chi connectivity index (χ4n) is 5.65. The second-order valence-electron chi connectivity index (χ2n) is 13.9. The van der Waals surface area contributed by atoms with Gasteiger partial charge in [-0.15, -0.1) is 0 Å². The number of nitrogens with two attached hydrogens (primary N) is 1. The predicted octanol–water partition coefficient (Wildman–Crippen LogP) is 2.42. The molecule has 0 aliphatic heterocycles. The zero-order valence-corrected chi connectivity index (χ0v) is 33.7. The van der Waals surface area contributed by atoms with Crippen LogP contribution >= 0.6 is 0 Å². The van der Waals surface area contributed by atoms with Gasteiger partial charge in [0.05, 0.1) is 57.5 Å². The summed E-state index contributed by atoms with van der Waals surface area (Å²) in [6, 6.07) is 3.69. The Balaban J connectivity index is 1.62. The van der Waals surface area contributed by atoms with Crippen LogP contribution in [0.5, 0.6) is 0 Å². The van der Waals surface area contributed by atoms with Gasteiger partial charge >= 0.3 is 6.18 Å². The number of H-pyrrole nitrogens is 1. The lowest BCUT2D eigenvalue weighted by Crippen LogP contribution is -2.42. The molecule has 1 aromatic carbocycles. The quantitative estimate of drug-likeness (QED) is 0.0631. The molecule has 19 heteroatoms. The number of unbranched alkanes of at least 4 members (excludes halogenated alkanes) is 1. The van der Waals surface area contributed by atoms with Crippen LogP contribution in [0.25, 0.3) is 0 Å². The lowest BCUT2D eigenvalue weighted by atomic mass is 9.91. The van der Waals surface area contributed by atoms with E-state index in [1.54, 1.807) is 6.20 Å². The van der Waals surface area contributed by atoms with E-state index in [-0.39, 0.29) is 113 Å². The summed E-state index contributed by atoms with van der Waals surface area (Å²) in [4.78, 5) is 79.8. The number of imidazole rings is 1. The minimum absolute atomic E-state index is 0.0871. The summed E-state index contributed by atoms with van der Waals surface area (Å²) in [5.74, 6) is -2.32. The van der Waals surface area contributed by atoms with Gasteiger partial charge in [-0.2, -0.15) is 13.2 Å². The van der Waals surface area contributed by atoms with Gasteiger partial charge in [-0.25, -0.2) is 4.98 Å². The molecule has 330 valence electrons. The van der Waals surface area contributed by atoms with Crippen LogP contribution in [0.3, 0.4) is 0 Å². The number of carbonyl (C=O) groups excluding carboxylic acids is 6. The number of aromatic amines is 1. The number of nitrogens with zero attached hydrogens (tertiary/aromatic N) is 1. The molecular weight excluding hydrogens is 781 g/mol. The second-order valence-corrected chi connectivity index (χ2v) is 13.9. The number of rotatable bonds is 35. The first kappa shape index (κ1) is 50.6. The molecule has 0 fully saturated rings. The molecule has 2 aromatic rings. The number of hydrogen-bond donors (Lipinski definition) is 5. The highest BCUT2D eigenvalue weighted by atomic mass is 19.4. The molecule has 59 heavy (non-hydrogen) atoms. The van der Waals surface area contributed by atoms with Crippen molar-refractivity contribution in [3.8, 4) is 0 Å². The summed E-state index contributed by atoms with van der Waals surface area (Å²) in [6.45, 7) is 3.32. The molecule has 0 radical (unpaired) electrons. The SMILES string of the molecule is CC(=O)CCCOCCOCC(=O)NCCOCCOCC(=O)NCCCC[C@H](CCC(=O)[C@H](Cc1cccc(C(F)(F)F)c1)NCC(=O)CCc1cnc[nH]1)C(N)=O. The van der Waals surface area contributed by atoms with Crippen LogP contribution in [0.15, 0.2) is 36.8 Å². The molecule has 0 bridgehead atoms. The number of Topliss-reactive ketones (excluding diaryl/α,β-unsaturated/α-hetero) is 3. The number of primary amides is 1. The van der Waals surface area contributed by atoms with Gasteiger partial charge in [0, 0.05) is 56.8 Å². The average Bonchev–Trinajstić information content (AvgIpc) is 3.72. The van der Waals surface area contributed by atoms with E-state index in [9.17, 15) is 41.9 Å². The molecule has 2 rings (SSSR count). The third kappa shape index (κ3) is 24.8. The number of nitrogens with one attached hydrogen (secondary N) is 4. The maximum Gasteiger partial charge on any atom is 0.416 e. The van der Waals surface area contributed by atoms with Gasteiger partial charge in [0.25, 0.3) is 0 Å². The molecule has 1 heterocycles. The van der Waals surface area contributed by atoms with Crippen LogP contribution in [-0.4, -0.2) is 124 Å². The van der Waals surface area contributed by atoms with Gasteiger partial charge in [-0.05, 0) is 57.1 Å². The number of aryl methyl sites for hydroxylation is 1. The van der Waals surface area contributed by atoms with E-state index >= 15 is 0 Å². The lowest BCUT2D eigenvalue weighted by Gasteiger charge is -2.20. The van der Waals surface area contributed by atoms with Crippen molar-refractivity contribution in [2.24, 2.45) is 11.7 Å². The van der Waals surface area contributed by atoms with Crippen molar-refractivity contribution in [2.75, 3.05) is 72.5 Å². The van der Waals surface area contributed by atoms with Crippen molar-refractivity contribution in [3.63, 3.8) is 0 Å². The summed E-state index contributed by atoms with van der Waals surface area (Å²) < 4.78 is 61.3. The third-order valence-electron chi connectivity index (χ3n) is 8.90. The van der Waals surface area contributed by atoms with Crippen molar-refractivity contribution in [2.45, 2.75) is 83.4 Å². The van der Waals surface area contributed by atoms with E-state index < -0.39 is 29.6 Å². The summed E-state index contributed by atoms with van der Waals surface area (Å²) in [5, 5.41) is 8.29. The fraction of sp³-hybridized carbons (Fsp3) is 0.625. The van der Waals surface area contributed by atoms with Crippen LogP contribution in [-0.2, 0) is 66.7 Å². The second kappa shape index (κ2) is 29.6. The maximum absolute atomic E-state index is 13.4. The monoisotopic (exact) mass is 840 g/mol. The third-order valence-corrected chi connectivity index (χ3v) is 8.90. The van der Waals surface area contributed by atoms with Gasteiger partial charge < -0.3 is 50.4 Å². The topological polar surface area (TPSA) is 230 Å². The highest BCUT2D eigenvalue weighted by Crippen LogP contribution is 2.30. The molecule has 1 aromatic heterocycles. The summed E-state index contributed by atoms with van der Waals surface area (Å²) in [5.41, 5.74) is 5.80. The molecule has 3 amide bonds. The van der Waals surface area contributed by atoms with E-state index in [0.29, 0.717) is 58.3 Å². The Kier molecular flexibility index (Phi) is 25.4. The average molecular weight is 841 g/mol. The van der Waals surface area contributed by atoms with E-state index in [2.05, 4.69) is 25.9 Å². The number of hydrogen-bond acceptors (Lipinski definition) is 12. The molecule has 0 aliphatic carbocycles. The molecule has 0 spiro atoms. The van der Waals surface area contributed by atoms with Crippen molar-refractivity contribution in [1.29, 1.82) is 0 Å². The Morgan fingerprint density at radius 1 is 0.814 bits per heavy atom. The lowest BCUT2D eigenvalue weighted by molar-refractivity contribution is -0.137. The zero-order chi connectivity index (χ0) is 43.3. The number of alkyl halides is 3. The van der Waals surface area contributed by atoms with Crippen LogP contribution in [0.1, 0.15) is 75.1 Å². The highest BCUT2D eigenvalue weighted by Gasteiger charge is 2.31. The summed E-state index contributed by atoms with van der Waals surface area (Å²) in [7, 11) is 0. The molecule has 16 nitrogen and oxygen atoms in total. The predicted molar refractivity (Wildman–Crippen MR) is 209 cm³/mol. The van der Waals surface area contributed by atoms with Crippen LogP contribution in [0.2, 0.25) is 0 Å². The van der Waals surface area contributed by atoms with Crippen LogP contribution in [0.4, 0.5) is 13.2 Å². The number of ether oxygens (including phenoxy) is 4. The zero-order valence-electron chi connectivity index (χ0n) is 33.7. The van der Waals surface area contributed by atoms with Gasteiger partial charge in [0.1, 0.15) is 30.6 Å². The number of carbonyl (C=O) groups is 6. The van der Waals surface area contributed by atoms with Crippen LogP contribution in [0, 0.1) is 5.92 Å². The Hall–Kier alpha value is -4.56. The van der Waals surface area contributed by atoms with Gasteiger partial charge in [0.15, 0.2) is 0 Å². The maximum atomic E-state index is 13.4. The Morgan fingerprint density at radius 2 is 1.49 bits per heavy atom. The Labute approximate surface area is 342 Å². The Bertz CT molecular complexity index is 1560. The molecular formula is C40H59F3N6O10. The van der Waals surface area contributed by atoms with Crippen molar-refractivity contribution < 1.29 is 60.9 Å². The van der Waals surface area contributed by atoms with Gasteiger partial charge in [-0.1, -0.05) is 24.6 Å². The van der Waals surface area contributed by atoms with E-state index in [0.717, 1.165) is 17.8 Å². The first-order valence-electron chi connectivity index (χ1n) is 19.8. The molecule has 0 saturated carbocycles. The van der Waals surface area contributed by atoms with E-state index in [1.165, 1.54) is 25.4 Å². The summed E-state index contributed by atoms with van der Waals surface area (Å²) >= 11 is 0. The van der Waals surface area contributed by atoms with Gasteiger partial charge in [-0.3, -0.25) is 24.0 Å². The number of amides is 3. The van der Waals surface area contributed by atoms with Gasteiger partial charge in [0.2, 0.25) is 17.7 Å². The normalized spacial score (nSPS) is 12.5. The largest absolute Gasteiger partial charge is 0.416 e. The van der Waals surface area contributed by atoms with Crippen molar-refractivity contribution >= 4 is 35.1 Å². The molecule has 2 atom stereocenters. The first-order valence-corrected chi connectivity index (χ1v) is 19.8. The number of ketones is 3. The Morgan fingerprint density at radius 3 is 2.14 bits per heavy atom. The number of halogens is 3. The molecule has 0 saturated heterocycles. The first-order chi connectivity index (χ1) is 28.2. The molecule has 0 unspecified atom stereocenters. The molecule has 0 aliphatic rings. The number of aromatic nitrogens is 2. The number of benzene rings is 1. The van der Waals surface area contributed by atoms with Crippen molar-refractivity contribution in [3.05, 3.63) is 53.6 Å². The van der Waals surface area contributed by atoms with Crippen molar-refractivity contribution in [1.82, 2.24) is 25.9 Å². The molecule has 6 N–H and O–H groups in total. The minimum atomic E-state index is -4.56. The van der Waals surface area contributed by atoms with E-state index in [4.69, 9.17) is 24.7 Å². The highest BCUT2D eigenvalue weighted by molar-refractivity contribution is 5.87. The standard InChI is InChI=1S/C40H59F3N6O10/c1-29(50)6-5-16-56-18-20-58-27-38(54)47-15-17-57-19-21-59-26-37(53)46-14-3-2-8-31(39(44)55)10-13-36(52)35(23-30-7-4-9-32(22-30)40(41,42)43)48-25-34(51)12-11-33-24-45-28-49-33/h4,7,9,22,24,28,31,35,48H,2-3,5-6,8,10-21,23,25-27H2,1H3,(H2,44,55)(H,45,49)(H,46,53)(H,47,54)/t31-,35+/m1/s1. The fourth-order valence-corrected chi connectivity index (χ4v) is 5.65. The summed E-state index contributed by atoms with van der Waals surface area (Å²) in [6.07, 6.45) is 1.57. The minimum Gasteiger partial charge on any atom is -0.379 e.